The Morgan fingerprint density at radius 1 is 0.857 bits per heavy atom. The van der Waals surface area contributed by atoms with Gasteiger partial charge in [0.05, 0.1) is 10.9 Å². The number of fused-ring (bicyclic) bond motifs is 1. The number of nitrogen functional groups attached to an aromatic ring is 2. The summed E-state index contributed by atoms with van der Waals surface area (Å²) in [5.41, 5.74) is 13.3. The molecule has 138 valence electrons. The molecule has 0 aliphatic carbocycles. The first kappa shape index (κ1) is 17.4. The number of nitrogens with two attached hydrogens (primary N) is 2. The number of hydrogen-bond donors (Lipinski definition) is 2. The Hall–Kier alpha value is -4.06. The molecule has 0 saturated carbocycles. The van der Waals surface area contributed by atoms with Crippen molar-refractivity contribution in [1.82, 2.24) is 0 Å². The van der Waals surface area contributed by atoms with Gasteiger partial charge in [0, 0.05) is 23.0 Å². The van der Waals surface area contributed by atoms with Gasteiger partial charge in [0.25, 0.3) is 0 Å². The van der Waals surface area contributed by atoms with Gasteiger partial charge in [-0.15, -0.1) is 0 Å². The minimum Gasteiger partial charge on any atom is -0.456 e. The van der Waals surface area contributed by atoms with E-state index in [1.54, 1.807) is 18.2 Å². The van der Waals surface area contributed by atoms with E-state index in [2.05, 4.69) is 0 Å². The topological polar surface area (TPSA) is 109 Å². The van der Waals surface area contributed by atoms with Crippen molar-refractivity contribution >= 4 is 28.3 Å². The van der Waals surface area contributed by atoms with Crippen molar-refractivity contribution in [3.63, 3.8) is 0 Å². The molecule has 1 heterocycles. The van der Waals surface area contributed by atoms with Crippen LogP contribution in [-0.2, 0) is 0 Å². The van der Waals surface area contributed by atoms with Gasteiger partial charge in [-0.05, 0) is 36.4 Å². The number of carbonyl (C=O) groups excluding carboxylic acids is 1. The molecule has 1 aromatic heterocycles. The third-order valence-electron chi connectivity index (χ3n) is 4.18. The van der Waals surface area contributed by atoms with Gasteiger partial charge in [-0.2, -0.15) is 0 Å². The highest BCUT2D eigenvalue weighted by Gasteiger charge is 2.13. The van der Waals surface area contributed by atoms with E-state index < -0.39 is 5.97 Å². The standard InChI is InChI=1S/C22H16N2O4/c23-15-8-14(9-16(24)10-15)22(26)27-17-6-7-20-18(11-17)19(25)12-21(28-20)13-4-2-1-3-5-13/h1-12H,23-24H2. The summed E-state index contributed by atoms with van der Waals surface area (Å²) in [4.78, 5) is 24.9. The number of benzene rings is 3. The van der Waals surface area contributed by atoms with E-state index in [-0.39, 0.29) is 16.7 Å². The third-order valence-corrected chi connectivity index (χ3v) is 4.18. The Balaban J connectivity index is 1.67. The lowest BCUT2D eigenvalue weighted by Crippen LogP contribution is -2.10. The first-order chi connectivity index (χ1) is 13.5. The van der Waals surface area contributed by atoms with Crippen LogP contribution in [0.2, 0.25) is 0 Å². The Morgan fingerprint density at radius 3 is 2.29 bits per heavy atom. The molecular formula is C22H16N2O4. The zero-order valence-electron chi connectivity index (χ0n) is 14.7. The SMILES string of the molecule is Nc1cc(N)cc(C(=O)Oc2ccc3oc(-c4ccccc4)cc(=O)c3c2)c1. The maximum absolute atomic E-state index is 12.5. The first-order valence-corrected chi connectivity index (χ1v) is 8.51. The van der Waals surface area contributed by atoms with Crippen LogP contribution in [0.5, 0.6) is 5.75 Å². The maximum atomic E-state index is 12.5. The fourth-order valence-corrected chi connectivity index (χ4v) is 2.90. The quantitative estimate of drug-likeness (QED) is 0.321. The summed E-state index contributed by atoms with van der Waals surface area (Å²) in [5.74, 6) is 0.0694. The van der Waals surface area contributed by atoms with Gasteiger partial charge in [0.15, 0.2) is 5.43 Å². The molecule has 6 nitrogen and oxygen atoms in total. The Bertz CT molecular complexity index is 1230. The van der Waals surface area contributed by atoms with Crippen LogP contribution in [0, 0.1) is 0 Å². The van der Waals surface area contributed by atoms with Crippen LogP contribution in [0.3, 0.4) is 0 Å². The van der Waals surface area contributed by atoms with E-state index in [4.69, 9.17) is 20.6 Å². The molecular weight excluding hydrogens is 356 g/mol. The van der Waals surface area contributed by atoms with Crippen molar-refractivity contribution in [3.8, 4) is 17.1 Å². The molecule has 4 aromatic rings. The molecule has 28 heavy (non-hydrogen) atoms. The number of ether oxygens (including phenoxy) is 1. The molecule has 0 unspecified atom stereocenters. The second-order valence-corrected chi connectivity index (χ2v) is 6.28. The first-order valence-electron chi connectivity index (χ1n) is 8.51. The highest BCUT2D eigenvalue weighted by Crippen LogP contribution is 2.25. The molecule has 0 atom stereocenters. The number of esters is 1. The predicted octanol–water partition coefficient (Wildman–Crippen LogP) is 3.84. The number of hydrogen-bond acceptors (Lipinski definition) is 6. The molecule has 0 aliphatic rings. The van der Waals surface area contributed by atoms with Gasteiger partial charge in [-0.1, -0.05) is 30.3 Å². The smallest absolute Gasteiger partial charge is 0.343 e. The minimum atomic E-state index is -0.622. The molecule has 0 fully saturated rings. The Labute approximate surface area is 160 Å². The lowest BCUT2D eigenvalue weighted by atomic mass is 10.1. The molecule has 3 aromatic carbocycles. The van der Waals surface area contributed by atoms with Crippen molar-refractivity contribution in [1.29, 1.82) is 0 Å². The van der Waals surface area contributed by atoms with E-state index >= 15 is 0 Å². The van der Waals surface area contributed by atoms with Crippen LogP contribution >= 0.6 is 0 Å². The summed E-state index contributed by atoms with van der Waals surface area (Å²) in [5, 5.41) is 0.317. The summed E-state index contributed by atoms with van der Waals surface area (Å²) < 4.78 is 11.2. The van der Waals surface area contributed by atoms with E-state index in [0.29, 0.717) is 28.1 Å². The molecule has 0 aliphatic heterocycles. The van der Waals surface area contributed by atoms with Crippen molar-refractivity contribution in [3.05, 3.63) is 88.6 Å². The van der Waals surface area contributed by atoms with Crippen LogP contribution < -0.4 is 21.6 Å². The zero-order chi connectivity index (χ0) is 19.7. The lowest BCUT2D eigenvalue weighted by Gasteiger charge is -2.08. The largest absolute Gasteiger partial charge is 0.456 e. The molecule has 4 rings (SSSR count). The molecule has 4 N–H and O–H groups in total. The fraction of sp³-hybridized carbons (Fsp3) is 0. The van der Waals surface area contributed by atoms with E-state index in [0.717, 1.165) is 5.56 Å². The van der Waals surface area contributed by atoms with Crippen molar-refractivity contribution in [2.24, 2.45) is 0 Å². The van der Waals surface area contributed by atoms with Gasteiger partial charge in [-0.3, -0.25) is 4.79 Å². The van der Waals surface area contributed by atoms with E-state index in [1.807, 2.05) is 30.3 Å². The second-order valence-electron chi connectivity index (χ2n) is 6.28. The second kappa shape index (κ2) is 6.92. The number of rotatable bonds is 3. The number of carbonyl (C=O) groups is 1. The van der Waals surface area contributed by atoms with Crippen LogP contribution in [0.4, 0.5) is 11.4 Å². The number of anilines is 2. The summed E-state index contributed by atoms with van der Waals surface area (Å²) >= 11 is 0. The van der Waals surface area contributed by atoms with Gasteiger partial charge in [0.1, 0.15) is 17.1 Å². The molecule has 6 heteroatoms. The predicted molar refractivity (Wildman–Crippen MR) is 108 cm³/mol. The van der Waals surface area contributed by atoms with Crippen molar-refractivity contribution < 1.29 is 13.9 Å². The van der Waals surface area contributed by atoms with Crippen LogP contribution in [0.15, 0.2) is 82.0 Å². The van der Waals surface area contributed by atoms with Crippen LogP contribution in [0.25, 0.3) is 22.3 Å². The molecule has 0 bridgehead atoms. The molecule has 0 saturated heterocycles. The minimum absolute atomic E-state index is 0.221. The van der Waals surface area contributed by atoms with Crippen LogP contribution in [0.1, 0.15) is 10.4 Å². The van der Waals surface area contributed by atoms with E-state index in [1.165, 1.54) is 24.3 Å². The summed E-state index contributed by atoms with van der Waals surface area (Å²) in [7, 11) is 0. The van der Waals surface area contributed by atoms with Crippen molar-refractivity contribution in [2.75, 3.05) is 11.5 Å². The Morgan fingerprint density at radius 2 is 1.57 bits per heavy atom. The lowest BCUT2D eigenvalue weighted by molar-refractivity contribution is 0.0735. The van der Waals surface area contributed by atoms with E-state index in [9.17, 15) is 9.59 Å². The maximum Gasteiger partial charge on any atom is 0.343 e. The third kappa shape index (κ3) is 3.43. The molecule has 0 radical (unpaired) electrons. The highest BCUT2D eigenvalue weighted by atomic mass is 16.5. The molecule has 0 spiro atoms. The summed E-state index contributed by atoms with van der Waals surface area (Å²) in [6.45, 7) is 0. The molecule has 0 amide bonds. The fourth-order valence-electron chi connectivity index (χ4n) is 2.90. The summed E-state index contributed by atoms with van der Waals surface area (Å²) in [6, 6.07) is 19.9. The zero-order valence-corrected chi connectivity index (χ0v) is 14.7. The van der Waals surface area contributed by atoms with Gasteiger partial charge in [0.2, 0.25) is 0 Å². The monoisotopic (exact) mass is 372 g/mol. The van der Waals surface area contributed by atoms with Crippen LogP contribution in [-0.4, -0.2) is 5.97 Å². The Kier molecular flexibility index (Phi) is 4.29. The van der Waals surface area contributed by atoms with Gasteiger partial charge < -0.3 is 20.6 Å². The van der Waals surface area contributed by atoms with Gasteiger partial charge >= 0.3 is 5.97 Å². The average molecular weight is 372 g/mol. The van der Waals surface area contributed by atoms with Crippen molar-refractivity contribution in [2.45, 2.75) is 0 Å². The van der Waals surface area contributed by atoms with Gasteiger partial charge in [-0.25, -0.2) is 4.79 Å². The highest BCUT2D eigenvalue weighted by molar-refractivity contribution is 5.93. The summed E-state index contributed by atoms with van der Waals surface area (Å²) in [6.07, 6.45) is 0. The average Bonchev–Trinajstić information content (AvgIpc) is 2.68. The normalized spacial score (nSPS) is 10.7.